The number of nitrogens with zero attached hydrogens (tertiary/aromatic N) is 2. The number of halogens is 1. The maximum absolute atomic E-state index is 11.6. The summed E-state index contributed by atoms with van der Waals surface area (Å²) < 4.78 is 0.985. The van der Waals surface area contributed by atoms with Gasteiger partial charge in [-0.25, -0.2) is 5.01 Å². The third kappa shape index (κ3) is 2.31. The normalized spacial score (nSPS) is 15.5. The van der Waals surface area contributed by atoms with Crippen LogP contribution in [0.15, 0.2) is 33.8 Å². The molecule has 0 aliphatic carbocycles. The number of benzene rings is 1. The SMILES string of the molecule is NCC1=NN(Cc2ccccc2Br)C(=O)C1. The van der Waals surface area contributed by atoms with Crippen LogP contribution in [0.4, 0.5) is 0 Å². The van der Waals surface area contributed by atoms with E-state index in [2.05, 4.69) is 21.0 Å². The van der Waals surface area contributed by atoms with Crippen molar-refractivity contribution in [3.63, 3.8) is 0 Å². The van der Waals surface area contributed by atoms with Crippen molar-refractivity contribution in [1.29, 1.82) is 0 Å². The summed E-state index contributed by atoms with van der Waals surface area (Å²) in [5.74, 6) is 0.0104. The number of hydrogen-bond donors (Lipinski definition) is 1. The average Bonchev–Trinajstić information content (AvgIpc) is 2.63. The number of carbonyl (C=O) groups excluding carboxylic acids is 1. The lowest BCUT2D eigenvalue weighted by molar-refractivity contribution is -0.129. The first-order chi connectivity index (χ1) is 7.70. The lowest BCUT2D eigenvalue weighted by Gasteiger charge is -2.12. The van der Waals surface area contributed by atoms with Gasteiger partial charge in [0.1, 0.15) is 0 Å². The lowest BCUT2D eigenvalue weighted by Crippen LogP contribution is -2.20. The Labute approximate surface area is 102 Å². The molecule has 0 spiro atoms. The summed E-state index contributed by atoms with van der Waals surface area (Å²) in [6.45, 7) is 0.835. The van der Waals surface area contributed by atoms with Crippen LogP contribution in [0.3, 0.4) is 0 Å². The zero-order valence-electron chi connectivity index (χ0n) is 8.69. The van der Waals surface area contributed by atoms with E-state index in [-0.39, 0.29) is 5.91 Å². The predicted octanol–water partition coefficient (Wildman–Crippen LogP) is 1.50. The molecule has 0 atom stereocenters. The quantitative estimate of drug-likeness (QED) is 0.913. The Morgan fingerprint density at radius 3 is 2.81 bits per heavy atom. The van der Waals surface area contributed by atoms with Crippen molar-refractivity contribution >= 4 is 27.5 Å². The van der Waals surface area contributed by atoms with Crippen LogP contribution in [0.1, 0.15) is 12.0 Å². The van der Waals surface area contributed by atoms with Crippen molar-refractivity contribution in [2.24, 2.45) is 10.8 Å². The van der Waals surface area contributed by atoms with Gasteiger partial charge >= 0.3 is 0 Å². The van der Waals surface area contributed by atoms with Crippen LogP contribution in [-0.4, -0.2) is 23.2 Å². The van der Waals surface area contributed by atoms with Crippen LogP contribution in [0, 0.1) is 0 Å². The van der Waals surface area contributed by atoms with Crippen molar-refractivity contribution in [3.05, 3.63) is 34.3 Å². The number of carbonyl (C=O) groups is 1. The van der Waals surface area contributed by atoms with Crippen molar-refractivity contribution in [3.8, 4) is 0 Å². The monoisotopic (exact) mass is 281 g/mol. The minimum absolute atomic E-state index is 0.0104. The van der Waals surface area contributed by atoms with Gasteiger partial charge in [-0.15, -0.1) is 0 Å². The highest BCUT2D eigenvalue weighted by Crippen LogP contribution is 2.20. The molecule has 1 aromatic carbocycles. The Hall–Kier alpha value is -1.20. The van der Waals surface area contributed by atoms with Gasteiger partial charge in [-0.3, -0.25) is 4.79 Å². The van der Waals surface area contributed by atoms with Gasteiger partial charge in [0, 0.05) is 11.0 Å². The predicted molar refractivity (Wildman–Crippen MR) is 65.8 cm³/mol. The van der Waals surface area contributed by atoms with Gasteiger partial charge in [-0.1, -0.05) is 34.1 Å². The first-order valence-electron chi connectivity index (χ1n) is 5.01. The fourth-order valence-corrected chi connectivity index (χ4v) is 1.96. The van der Waals surface area contributed by atoms with Crippen LogP contribution in [0.2, 0.25) is 0 Å². The van der Waals surface area contributed by atoms with Crippen LogP contribution < -0.4 is 5.73 Å². The van der Waals surface area contributed by atoms with E-state index in [0.29, 0.717) is 19.5 Å². The van der Waals surface area contributed by atoms with E-state index >= 15 is 0 Å². The molecule has 0 saturated heterocycles. The molecule has 5 heteroatoms. The van der Waals surface area contributed by atoms with Crippen molar-refractivity contribution < 1.29 is 4.79 Å². The van der Waals surface area contributed by atoms with E-state index in [0.717, 1.165) is 15.7 Å². The van der Waals surface area contributed by atoms with Gasteiger partial charge in [0.2, 0.25) is 5.91 Å². The number of nitrogens with two attached hydrogens (primary N) is 1. The van der Waals surface area contributed by atoms with Crippen LogP contribution in [0.25, 0.3) is 0 Å². The summed E-state index contributed by atoms with van der Waals surface area (Å²) in [6, 6.07) is 7.79. The summed E-state index contributed by atoms with van der Waals surface area (Å²) in [6.07, 6.45) is 0.348. The molecule has 0 radical (unpaired) electrons. The molecular formula is C11H12BrN3O. The molecule has 0 aromatic heterocycles. The van der Waals surface area contributed by atoms with E-state index in [4.69, 9.17) is 5.73 Å². The van der Waals surface area contributed by atoms with Crippen LogP contribution in [-0.2, 0) is 11.3 Å². The number of rotatable bonds is 3. The van der Waals surface area contributed by atoms with Crippen molar-refractivity contribution in [2.45, 2.75) is 13.0 Å². The molecule has 84 valence electrons. The highest BCUT2D eigenvalue weighted by atomic mass is 79.9. The highest BCUT2D eigenvalue weighted by molar-refractivity contribution is 9.10. The van der Waals surface area contributed by atoms with Crippen LogP contribution in [0.5, 0.6) is 0 Å². The molecule has 1 heterocycles. The second-order valence-corrected chi connectivity index (χ2v) is 4.44. The highest BCUT2D eigenvalue weighted by Gasteiger charge is 2.23. The van der Waals surface area contributed by atoms with Gasteiger partial charge in [0.05, 0.1) is 18.7 Å². The minimum atomic E-state index is 0.0104. The molecule has 0 fully saturated rings. The molecule has 2 rings (SSSR count). The molecule has 0 unspecified atom stereocenters. The Morgan fingerprint density at radius 1 is 1.44 bits per heavy atom. The first kappa shape index (κ1) is 11.3. The van der Waals surface area contributed by atoms with Gasteiger partial charge in [-0.05, 0) is 11.6 Å². The molecule has 1 aromatic rings. The Balaban J connectivity index is 2.14. The van der Waals surface area contributed by atoms with Gasteiger partial charge in [0.25, 0.3) is 0 Å². The lowest BCUT2D eigenvalue weighted by atomic mass is 10.2. The van der Waals surface area contributed by atoms with Gasteiger partial charge in [-0.2, -0.15) is 5.10 Å². The first-order valence-corrected chi connectivity index (χ1v) is 5.80. The molecular weight excluding hydrogens is 270 g/mol. The van der Waals surface area contributed by atoms with Crippen LogP contribution >= 0.6 is 15.9 Å². The molecule has 16 heavy (non-hydrogen) atoms. The third-order valence-electron chi connectivity index (χ3n) is 2.42. The van der Waals surface area contributed by atoms with Crippen molar-refractivity contribution in [1.82, 2.24) is 5.01 Å². The fraction of sp³-hybridized carbons (Fsp3) is 0.273. The second kappa shape index (κ2) is 4.76. The Kier molecular flexibility index (Phi) is 3.36. The standard InChI is InChI=1S/C11H12BrN3O/c12-10-4-2-1-3-8(10)7-15-11(16)5-9(6-13)14-15/h1-4H,5-7,13H2. The van der Waals surface area contributed by atoms with E-state index < -0.39 is 0 Å². The minimum Gasteiger partial charge on any atom is -0.325 e. The Morgan fingerprint density at radius 2 is 2.19 bits per heavy atom. The van der Waals surface area contributed by atoms with E-state index in [1.807, 2.05) is 24.3 Å². The summed E-state index contributed by atoms with van der Waals surface area (Å²) in [7, 11) is 0. The van der Waals surface area contributed by atoms with E-state index in [9.17, 15) is 4.79 Å². The Bertz CT molecular complexity index is 445. The maximum Gasteiger partial charge on any atom is 0.248 e. The topological polar surface area (TPSA) is 58.7 Å². The average molecular weight is 282 g/mol. The fourth-order valence-electron chi connectivity index (χ4n) is 1.55. The molecule has 4 nitrogen and oxygen atoms in total. The van der Waals surface area contributed by atoms with E-state index in [1.54, 1.807) is 0 Å². The summed E-state index contributed by atoms with van der Waals surface area (Å²) >= 11 is 3.44. The van der Waals surface area contributed by atoms with Crippen molar-refractivity contribution in [2.75, 3.05) is 6.54 Å². The maximum atomic E-state index is 11.6. The third-order valence-corrected chi connectivity index (χ3v) is 3.19. The summed E-state index contributed by atoms with van der Waals surface area (Å²) in [5.41, 5.74) is 7.25. The molecule has 1 aliphatic heterocycles. The number of amides is 1. The van der Waals surface area contributed by atoms with E-state index in [1.165, 1.54) is 5.01 Å². The number of hydrazone groups is 1. The molecule has 2 N–H and O–H groups in total. The largest absolute Gasteiger partial charge is 0.325 e. The second-order valence-electron chi connectivity index (χ2n) is 3.59. The summed E-state index contributed by atoms with van der Waals surface area (Å²) in [5, 5.41) is 5.65. The molecule has 1 amide bonds. The summed E-state index contributed by atoms with van der Waals surface area (Å²) in [4.78, 5) is 11.6. The van der Waals surface area contributed by atoms with Gasteiger partial charge in [0.15, 0.2) is 0 Å². The zero-order valence-corrected chi connectivity index (χ0v) is 10.3. The molecule has 0 bridgehead atoms. The zero-order chi connectivity index (χ0) is 11.5. The molecule has 0 saturated carbocycles. The smallest absolute Gasteiger partial charge is 0.248 e. The molecule has 1 aliphatic rings. The number of hydrogen-bond acceptors (Lipinski definition) is 3. The van der Waals surface area contributed by atoms with Gasteiger partial charge < -0.3 is 5.73 Å².